The molecule has 0 aliphatic heterocycles. The van der Waals surface area contributed by atoms with Crippen LogP contribution < -0.4 is 10.3 Å². The van der Waals surface area contributed by atoms with Gasteiger partial charge in [0.25, 0.3) is 5.56 Å². The first-order valence-corrected chi connectivity index (χ1v) is 8.06. The third kappa shape index (κ3) is 2.71. The zero-order chi connectivity index (χ0) is 17.4. The number of hydrogen-bond donors (Lipinski definition) is 0. The fourth-order valence-corrected chi connectivity index (χ4v) is 3.46. The van der Waals surface area contributed by atoms with E-state index in [1.54, 1.807) is 0 Å². The molecule has 2 heterocycles. The summed E-state index contributed by atoms with van der Waals surface area (Å²) in [4.78, 5) is 30.9. The van der Waals surface area contributed by atoms with Crippen molar-refractivity contribution in [2.24, 2.45) is 0 Å². The highest BCUT2D eigenvalue weighted by Gasteiger charge is 2.15. The average molecular weight is 346 g/mol. The van der Waals surface area contributed by atoms with E-state index in [1.165, 1.54) is 41.5 Å². The summed E-state index contributed by atoms with van der Waals surface area (Å²) in [6, 6.07) is 3.97. The van der Waals surface area contributed by atoms with Gasteiger partial charge in [0.1, 0.15) is 4.83 Å². The molecule has 124 valence electrons. The Morgan fingerprint density at radius 3 is 2.79 bits per heavy atom. The van der Waals surface area contributed by atoms with Crippen LogP contribution in [-0.2, 0) is 6.54 Å². The molecule has 3 rings (SSSR count). The predicted octanol–water partition coefficient (Wildman–Crippen LogP) is 3.11. The smallest absolute Gasteiger partial charge is 0.262 e. The Bertz CT molecular complexity index is 1010. The fraction of sp³-hybridized carbons (Fsp3) is 0.235. The lowest BCUT2D eigenvalue weighted by atomic mass is 10.1. The number of hydrogen-bond acceptors (Lipinski definition) is 5. The molecule has 1 aromatic carbocycles. The molecule has 0 N–H and O–H groups in total. The van der Waals surface area contributed by atoms with E-state index in [9.17, 15) is 14.0 Å². The number of aryl methyl sites for hydroxylation is 2. The number of benzene rings is 1. The topological polar surface area (TPSA) is 61.2 Å². The molecule has 0 spiro atoms. The van der Waals surface area contributed by atoms with Gasteiger partial charge in [-0.25, -0.2) is 9.37 Å². The number of carbonyl (C=O) groups excluding carboxylic acids is 1. The first kappa shape index (κ1) is 16.3. The molecule has 5 nitrogen and oxygen atoms in total. The standard InChI is InChI=1S/C17H15FN2O3S/c1-9-10(2)24-16-15(9)17(22)20(8-19-16)7-13(21)11-4-5-14(23-3)12(18)6-11/h4-6,8H,7H2,1-3H3. The van der Waals surface area contributed by atoms with Gasteiger partial charge in [0.05, 0.1) is 25.4 Å². The molecule has 0 saturated carbocycles. The van der Waals surface area contributed by atoms with Gasteiger partial charge < -0.3 is 4.74 Å². The van der Waals surface area contributed by atoms with Crippen LogP contribution in [0.2, 0.25) is 0 Å². The molecule has 3 aromatic rings. The number of Topliss-reactive ketones (excluding diaryl/α,β-unsaturated/α-hetero) is 1. The van der Waals surface area contributed by atoms with Crippen LogP contribution in [0.15, 0.2) is 29.3 Å². The molecular weight excluding hydrogens is 331 g/mol. The van der Waals surface area contributed by atoms with Gasteiger partial charge in [0, 0.05) is 10.4 Å². The van der Waals surface area contributed by atoms with E-state index in [2.05, 4.69) is 4.98 Å². The first-order valence-electron chi connectivity index (χ1n) is 7.24. The third-order valence-electron chi connectivity index (χ3n) is 3.94. The summed E-state index contributed by atoms with van der Waals surface area (Å²) in [5, 5.41) is 0.536. The number of thiophene rings is 1. The lowest BCUT2D eigenvalue weighted by Gasteiger charge is -2.07. The molecule has 0 aliphatic rings. The molecule has 24 heavy (non-hydrogen) atoms. The van der Waals surface area contributed by atoms with Crippen LogP contribution in [0.1, 0.15) is 20.8 Å². The van der Waals surface area contributed by atoms with E-state index in [0.29, 0.717) is 10.2 Å². The van der Waals surface area contributed by atoms with E-state index >= 15 is 0 Å². The number of ketones is 1. The quantitative estimate of drug-likeness (QED) is 0.681. The molecule has 0 saturated heterocycles. The number of rotatable bonds is 4. The monoisotopic (exact) mass is 346 g/mol. The van der Waals surface area contributed by atoms with Crippen LogP contribution in [0.25, 0.3) is 10.2 Å². The largest absolute Gasteiger partial charge is 0.494 e. The minimum absolute atomic E-state index is 0.0659. The fourth-order valence-electron chi connectivity index (χ4n) is 2.47. The third-order valence-corrected chi connectivity index (χ3v) is 5.06. The van der Waals surface area contributed by atoms with Crippen LogP contribution in [0.4, 0.5) is 4.39 Å². The predicted molar refractivity (Wildman–Crippen MR) is 90.6 cm³/mol. The maximum absolute atomic E-state index is 13.7. The van der Waals surface area contributed by atoms with Gasteiger partial charge in [-0.05, 0) is 37.6 Å². The average Bonchev–Trinajstić information content (AvgIpc) is 2.85. The summed E-state index contributed by atoms with van der Waals surface area (Å²) in [6.07, 6.45) is 1.36. The van der Waals surface area contributed by atoms with E-state index in [-0.39, 0.29) is 29.2 Å². The van der Waals surface area contributed by atoms with Gasteiger partial charge in [0.2, 0.25) is 0 Å². The second kappa shape index (κ2) is 6.16. The van der Waals surface area contributed by atoms with Gasteiger partial charge in [-0.2, -0.15) is 0 Å². The number of halogens is 1. The number of ether oxygens (including phenoxy) is 1. The second-order valence-corrected chi connectivity index (χ2v) is 6.62. The van der Waals surface area contributed by atoms with Crippen LogP contribution in [0, 0.1) is 19.7 Å². The van der Waals surface area contributed by atoms with Gasteiger partial charge in [-0.1, -0.05) is 0 Å². The molecular formula is C17H15FN2O3S. The van der Waals surface area contributed by atoms with Gasteiger partial charge >= 0.3 is 0 Å². The SMILES string of the molecule is COc1ccc(C(=O)Cn2cnc3sc(C)c(C)c3c2=O)cc1F. The van der Waals surface area contributed by atoms with Gasteiger partial charge in [-0.3, -0.25) is 14.2 Å². The van der Waals surface area contributed by atoms with E-state index in [0.717, 1.165) is 16.5 Å². The van der Waals surface area contributed by atoms with Crippen LogP contribution in [0.3, 0.4) is 0 Å². The Hall–Kier alpha value is -2.54. The van der Waals surface area contributed by atoms with Crippen molar-refractivity contribution in [3.8, 4) is 5.75 Å². The summed E-state index contributed by atoms with van der Waals surface area (Å²) in [6.45, 7) is 3.60. The van der Waals surface area contributed by atoms with Crippen molar-refractivity contribution < 1.29 is 13.9 Å². The van der Waals surface area contributed by atoms with E-state index < -0.39 is 5.82 Å². The van der Waals surface area contributed by atoms with Crippen molar-refractivity contribution in [3.63, 3.8) is 0 Å². The van der Waals surface area contributed by atoms with Crippen LogP contribution in [-0.4, -0.2) is 22.4 Å². The van der Waals surface area contributed by atoms with Crippen LogP contribution in [0.5, 0.6) is 5.75 Å². The minimum atomic E-state index is -0.617. The number of fused-ring (bicyclic) bond motifs is 1. The number of aromatic nitrogens is 2. The molecule has 2 aromatic heterocycles. The van der Waals surface area contributed by atoms with Crippen molar-refractivity contribution in [2.45, 2.75) is 20.4 Å². The van der Waals surface area contributed by atoms with Crippen LogP contribution >= 0.6 is 11.3 Å². The molecule has 0 amide bonds. The Morgan fingerprint density at radius 1 is 1.38 bits per heavy atom. The Labute approximate surface area is 141 Å². The summed E-state index contributed by atoms with van der Waals surface area (Å²) < 4.78 is 19.8. The Kier molecular flexibility index (Phi) is 4.19. The zero-order valence-electron chi connectivity index (χ0n) is 13.4. The number of methoxy groups -OCH3 is 1. The summed E-state index contributed by atoms with van der Waals surface area (Å²) >= 11 is 1.45. The molecule has 0 atom stereocenters. The lowest BCUT2D eigenvalue weighted by molar-refractivity contribution is 0.0970. The van der Waals surface area contributed by atoms with Crippen molar-refractivity contribution in [3.05, 3.63) is 56.7 Å². The summed E-state index contributed by atoms with van der Waals surface area (Å²) in [5.41, 5.74) is 0.799. The van der Waals surface area contributed by atoms with Crippen molar-refractivity contribution in [1.29, 1.82) is 0 Å². The highest BCUT2D eigenvalue weighted by Crippen LogP contribution is 2.25. The Balaban J connectivity index is 1.96. The molecule has 0 fully saturated rings. The summed E-state index contributed by atoms with van der Waals surface area (Å²) in [5.74, 6) is -0.922. The normalized spacial score (nSPS) is 11.0. The lowest BCUT2D eigenvalue weighted by Crippen LogP contribution is -2.24. The Morgan fingerprint density at radius 2 is 2.12 bits per heavy atom. The summed E-state index contributed by atoms with van der Waals surface area (Å²) in [7, 11) is 1.35. The minimum Gasteiger partial charge on any atom is -0.494 e. The molecule has 0 radical (unpaired) electrons. The van der Waals surface area contributed by atoms with Crippen molar-refractivity contribution in [2.75, 3.05) is 7.11 Å². The molecule has 0 aliphatic carbocycles. The van der Waals surface area contributed by atoms with Gasteiger partial charge in [0.15, 0.2) is 17.3 Å². The van der Waals surface area contributed by atoms with E-state index in [4.69, 9.17) is 4.74 Å². The molecule has 0 unspecified atom stereocenters. The maximum Gasteiger partial charge on any atom is 0.262 e. The van der Waals surface area contributed by atoms with E-state index in [1.807, 2.05) is 13.8 Å². The highest BCUT2D eigenvalue weighted by atomic mass is 32.1. The maximum atomic E-state index is 13.7. The first-order chi connectivity index (χ1) is 11.4. The second-order valence-electron chi connectivity index (χ2n) is 5.41. The number of nitrogens with zero attached hydrogens (tertiary/aromatic N) is 2. The molecule has 7 heteroatoms. The van der Waals surface area contributed by atoms with Crippen molar-refractivity contribution in [1.82, 2.24) is 9.55 Å². The highest BCUT2D eigenvalue weighted by molar-refractivity contribution is 7.18. The number of carbonyl (C=O) groups is 1. The van der Waals surface area contributed by atoms with Gasteiger partial charge in [-0.15, -0.1) is 11.3 Å². The zero-order valence-corrected chi connectivity index (χ0v) is 14.2. The molecule has 0 bridgehead atoms. The van der Waals surface area contributed by atoms with Crippen molar-refractivity contribution >= 4 is 27.3 Å².